The molecular formula is C17H18N2S2. The van der Waals surface area contributed by atoms with E-state index in [1.54, 1.807) is 11.3 Å². The molecule has 21 heavy (non-hydrogen) atoms. The number of aromatic nitrogens is 1. The second-order valence-electron chi connectivity index (χ2n) is 4.82. The Bertz CT molecular complexity index is 686. The largest absolute Gasteiger partial charge is 0.306 e. The second kappa shape index (κ2) is 6.98. The first-order valence-electron chi connectivity index (χ1n) is 7.12. The van der Waals surface area contributed by atoms with Gasteiger partial charge in [0.1, 0.15) is 5.01 Å². The molecule has 1 aromatic carbocycles. The van der Waals surface area contributed by atoms with Crippen LogP contribution in [0.4, 0.5) is 0 Å². The SMILES string of the molecule is CCc1ccsc1CNCc1nc(-c2ccccc2)cs1. The molecule has 108 valence electrons. The summed E-state index contributed by atoms with van der Waals surface area (Å²) in [6, 6.07) is 12.6. The maximum Gasteiger partial charge on any atom is 0.107 e. The van der Waals surface area contributed by atoms with Crippen LogP contribution in [0.3, 0.4) is 0 Å². The lowest BCUT2D eigenvalue weighted by Gasteiger charge is -2.03. The van der Waals surface area contributed by atoms with Crippen LogP contribution in [-0.4, -0.2) is 4.98 Å². The summed E-state index contributed by atoms with van der Waals surface area (Å²) in [5.41, 5.74) is 3.71. The van der Waals surface area contributed by atoms with E-state index in [1.165, 1.54) is 16.0 Å². The molecule has 0 aliphatic carbocycles. The van der Waals surface area contributed by atoms with E-state index in [1.807, 2.05) is 17.4 Å². The molecule has 0 saturated heterocycles. The van der Waals surface area contributed by atoms with Gasteiger partial charge in [0.05, 0.1) is 5.69 Å². The van der Waals surface area contributed by atoms with E-state index in [0.717, 1.165) is 30.2 Å². The number of hydrogen-bond acceptors (Lipinski definition) is 4. The smallest absolute Gasteiger partial charge is 0.107 e. The highest BCUT2D eigenvalue weighted by molar-refractivity contribution is 7.10. The standard InChI is InChI=1S/C17H18N2S2/c1-2-13-8-9-20-16(13)10-18-11-17-19-15(12-21-17)14-6-4-3-5-7-14/h3-9,12,18H,2,10-11H2,1H3. The van der Waals surface area contributed by atoms with Gasteiger partial charge in [0.15, 0.2) is 0 Å². The summed E-state index contributed by atoms with van der Waals surface area (Å²) in [5, 5.41) is 8.95. The zero-order valence-corrected chi connectivity index (χ0v) is 13.6. The predicted molar refractivity (Wildman–Crippen MR) is 91.8 cm³/mol. The van der Waals surface area contributed by atoms with Crippen molar-refractivity contribution in [2.24, 2.45) is 0 Å². The molecule has 3 aromatic rings. The lowest BCUT2D eigenvalue weighted by molar-refractivity contribution is 0.693. The van der Waals surface area contributed by atoms with Crippen LogP contribution in [0.1, 0.15) is 22.4 Å². The molecule has 0 spiro atoms. The van der Waals surface area contributed by atoms with Crippen LogP contribution in [0.25, 0.3) is 11.3 Å². The molecule has 0 saturated carbocycles. The molecule has 2 heterocycles. The molecule has 0 radical (unpaired) electrons. The van der Waals surface area contributed by atoms with Crippen LogP contribution in [0.5, 0.6) is 0 Å². The zero-order valence-electron chi connectivity index (χ0n) is 12.0. The van der Waals surface area contributed by atoms with Gasteiger partial charge >= 0.3 is 0 Å². The third-order valence-corrected chi connectivity index (χ3v) is 5.21. The lowest BCUT2D eigenvalue weighted by atomic mass is 10.2. The number of thiazole rings is 1. The molecule has 3 rings (SSSR count). The Morgan fingerprint density at radius 3 is 2.71 bits per heavy atom. The Balaban J connectivity index is 1.58. The molecule has 0 amide bonds. The van der Waals surface area contributed by atoms with Crippen molar-refractivity contribution in [3.05, 3.63) is 62.6 Å². The minimum atomic E-state index is 0.832. The molecular weight excluding hydrogens is 296 g/mol. The van der Waals surface area contributed by atoms with Crippen LogP contribution < -0.4 is 5.32 Å². The predicted octanol–water partition coefficient (Wildman–Crippen LogP) is 4.72. The first-order valence-corrected chi connectivity index (χ1v) is 8.88. The number of nitrogens with zero attached hydrogens (tertiary/aromatic N) is 1. The maximum absolute atomic E-state index is 4.70. The van der Waals surface area contributed by atoms with Gasteiger partial charge in [-0.3, -0.25) is 0 Å². The third kappa shape index (κ3) is 3.59. The fraction of sp³-hybridized carbons (Fsp3) is 0.235. The molecule has 2 aromatic heterocycles. The molecule has 0 aliphatic rings. The minimum absolute atomic E-state index is 0.832. The van der Waals surface area contributed by atoms with E-state index in [4.69, 9.17) is 4.98 Å². The van der Waals surface area contributed by atoms with E-state index in [0.29, 0.717) is 0 Å². The van der Waals surface area contributed by atoms with Gasteiger partial charge in [-0.25, -0.2) is 4.98 Å². The Morgan fingerprint density at radius 1 is 1.05 bits per heavy atom. The van der Waals surface area contributed by atoms with Crippen LogP contribution in [0.2, 0.25) is 0 Å². The minimum Gasteiger partial charge on any atom is -0.306 e. The number of rotatable bonds is 6. The first kappa shape index (κ1) is 14.4. The molecule has 0 unspecified atom stereocenters. The quantitative estimate of drug-likeness (QED) is 0.712. The molecule has 0 atom stereocenters. The van der Waals surface area contributed by atoms with Gasteiger partial charge < -0.3 is 5.32 Å². The van der Waals surface area contributed by atoms with E-state index >= 15 is 0 Å². The summed E-state index contributed by atoms with van der Waals surface area (Å²) >= 11 is 3.55. The number of aryl methyl sites for hydroxylation is 1. The van der Waals surface area contributed by atoms with Gasteiger partial charge in [0.2, 0.25) is 0 Å². The molecule has 4 heteroatoms. The van der Waals surface area contributed by atoms with Crippen LogP contribution >= 0.6 is 22.7 Å². The van der Waals surface area contributed by atoms with E-state index in [2.05, 4.69) is 53.3 Å². The summed E-state index contributed by atoms with van der Waals surface area (Å²) in [6.07, 6.45) is 1.11. The van der Waals surface area contributed by atoms with Crippen molar-refractivity contribution in [3.8, 4) is 11.3 Å². The van der Waals surface area contributed by atoms with Gasteiger partial charge in [0.25, 0.3) is 0 Å². The molecule has 0 bridgehead atoms. The Labute approximate surface area is 133 Å². The van der Waals surface area contributed by atoms with Gasteiger partial charge in [-0.15, -0.1) is 22.7 Å². The van der Waals surface area contributed by atoms with Crippen molar-refractivity contribution in [1.29, 1.82) is 0 Å². The maximum atomic E-state index is 4.70. The summed E-state index contributed by atoms with van der Waals surface area (Å²) in [6.45, 7) is 3.97. The fourth-order valence-corrected chi connectivity index (χ4v) is 3.97. The zero-order chi connectivity index (χ0) is 14.5. The average Bonchev–Trinajstić information content (AvgIpc) is 3.17. The summed E-state index contributed by atoms with van der Waals surface area (Å²) in [5.74, 6) is 0. The number of nitrogens with one attached hydrogen (secondary N) is 1. The second-order valence-corrected chi connectivity index (χ2v) is 6.76. The summed E-state index contributed by atoms with van der Waals surface area (Å²) in [7, 11) is 0. The lowest BCUT2D eigenvalue weighted by Crippen LogP contribution is -2.12. The van der Waals surface area contributed by atoms with Crippen LogP contribution in [0, 0.1) is 0 Å². The Kier molecular flexibility index (Phi) is 4.80. The van der Waals surface area contributed by atoms with Gasteiger partial charge in [0, 0.05) is 28.9 Å². The molecule has 0 aliphatic heterocycles. The monoisotopic (exact) mass is 314 g/mol. The Hall–Kier alpha value is -1.49. The number of thiophene rings is 1. The van der Waals surface area contributed by atoms with E-state index in [9.17, 15) is 0 Å². The third-order valence-electron chi connectivity index (χ3n) is 3.40. The molecule has 0 fully saturated rings. The first-order chi connectivity index (χ1) is 10.4. The highest BCUT2D eigenvalue weighted by Crippen LogP contribution is 2.22. The van der Waals surface area contributed by atoms with Crippen molar-refractivity contribution >= 4 is 22.7 Å². The highest BCUT2D eigenvalue weighted by atomic mass is 32.1. The highest BCUT2D eigenvalue weighted by Gasteiger charge is 2.05. The van der Waals surface area contributed by atoms with Crippen molar-refractivity contribution < 1.29 is 0 Å². The fourth-order valence-electron chi connectivity index (χ4n) is 2.25. The Morgan fingerprint density at radius 2 is 1.90 bits per heavy atom. The van der Waals surface area contributed by atoms with Crippen molar-refractivity contribution in [2.75, 3.05) is 0 Å². The van der Waals surface area contributed by atoms with E-state index in [-0.39, 0.29) is 0 Å². The van der Waals surface area contributed by atoms with Crippen molar-refractivity contribution in [1.82, 2.24) is 10.3 Å². The average molecular weight is 314 g/mol. The van der Waals surface area contributed by atoms with Crippen LogP contribution in [-0.2, 0) is 19.5 Å². The normalized spacial score (nSPS) is 10.9. The van der Waals surface area contributed by atoms with Gasteiger partial charge in [-0.05, 0) is 23.4 Å². The number of hydrogen-bond donors (Lipinski definition) is 1. The molecule has 1 N–H and O–H groups in total. The van der Waals surface area contributed by atoms with Gasteiger partial charge in [-0.2, -0.15) is 0 Å². The van der Waals surface area contributed by atoms with Gasteiger partial charge in [-0.1, -0.05) is 37.3 Å². The van der Waals surface area contributed by atoms with Crippen molar-refractivity contribution in [2.45, 2.75) is 26.4 Å². The number of benzene rings is 1. The van der Waals surface area contributed by atoms with Crippen molar-refractivity contribution in [3.63, 3.8) is 0 Å². The van der Waals surface area contributed by atoms with E-state index < -0.39 is 0 Å². The topological polar surface area (TPSA) is 24.9 Å². The molecule has 2 nitrogen and oxygen atoms in total. The summed E-state index contributed by atoms with van der Waals surface area (Å²) < 4.78 is 0. The van der Waals surface area contributed by atoms with Crippen LogP contribution in [0.15, 0.2) is 47.2 Å². The summed E-state index contributed by atoms with van der Waals surface area (Å²) in [4.78, 5) is 6.14.